The molecule has 0 atom stereocenters. The summed E-state index contributed by atoms with van der Waals surface area (Å²) in [6.07, 6.45) is 8.41. The van der Waals surface area contributed by atoms with Crippen molar-refractivity contribution in [2.75, 3.05) is 12.3 Å². The summed E-state index contributed by atoms with van der Waals surface area (Å²) in [6.45, 7) is 8.87. The van der Waals surface area contributed by atoms with Gasteiger partial charge in [-0.1, -0.05) is 47.0 Å². The van der Waals surface area contributed by atoms with Gasteiger partial charge in [-0.25, -0.2) is 0 Å². The summed E-state index contributed by atoms with van der Waals surface area (Å²) in [7, 11) is -1.91. The largest absolute Gasteiger partial charge is 0.323 e. The minimum absolute atomic E-state index is 0.561. The van der Waals surface area contributed by atoms with Crippen molar-refractivity contribution in [3.05, 3.63) is 0 Å². The molecule has 0 unspecified atom stereocenters. The molecule has 0 N–H and O–H groups in total. The van der Waals surface area contributed by atoms with E-state index in [1.165, 1.54) is 32.1 Å². The lowest BCUT2D eigenvalue weighted by Gasteiger charge is -2.33. The predicted octanol–water partition coefficient (Wildman–Crippen LogP) is 4.99. The third kappa shape index (κ3) is 4.24. The van der Waals surface area contributed by atoms with Crippen LogP contribution in [0.25, 0.3) is 0 Å². The normalized spacial score (nSPS) is 19.6. The van der Waals surface area contributed by atoms with E-state index < -0.39 is 7.14 Å². The molecule has 0 aromatic carbocycles. The highest BCUT2D eigenvalue weighted by molar-refractivity contribution is 7.64. The SMILES string of the molecule is CC(C)CP(=O)(CC(C)C)C1CCCCC1. The monoisotopic (exact) mass is 244 g/mol. The van der Waals surface area contributed by atoms with Crippen molar-refractivity contribution in [1.82, 2.24) is 0 Å². The molecule has 1 fully saturated rings. The molecule has 0 heterocycles. The van der Waals surface area contributed by atoms with E-state index in [4.69, 9.17) is 0 Å². The van der Waals surface area contributed by atoms with Gasteiger partial charge < -0.3 is 4.57 Å². The molecule has 1 aliphatic rings. The van der Waals surface area contributed by atoms with E-state index >= 15 is 0 Å². The van der Waals surface area contributed by atoms with E-state index in [1.54, 1.807) is 0 Å². The van der Waals surface area contributed by atoms with Crippen LogP contribution >= 0.6 is 7.14 Å². The van der Waals surface area contributed by atoms with Crippen LogP contribution in [0.4, 0.5) is 0 Å². The first kappa shape index (κ1) is 14.3. The van der Waals surface area contributed by atoms with Crippen LogP contribution in [0, 0.1) is 11.8 Å². The maximum atomic E-state index is 13.2. The van der Waals surface area contributed by atoms with Gasteiger partial charge in [0.15, 0.2) is 0 Å². The van der Waals surface area contributed by atoms with E-state index in [1.807, 2.05) is 0 Å². The Hall–Kier alpha value is 0.230. The molecule has 0 amide bonds. The summed E-state index contributed by atoms with van der Waals surface area (Å²) in [5.41, 5.74) is 0.561. The molecule has 0 aliphatic heterocycles. The second-order valence-electron chi connectivity index (χ2n) is 6.40. The lowest BCUT2D eigenvalue weighted by molar-refractivity contribution is 0.474. The van der Waals surface area contributed by atoms with E-state index in [9.17, 15) is 4.57 Å². The highest BCUT2D eigenvalue weighted by Gasteiger charge is 2.34. The summed E-state index contributed by atoms with van der Waals surface area (Å²) in [5.74, 6) is 1.18. The zero-order valence-electron chi connectivity index (χ0n) is 11.5. The molecule has 1 saturated carbocycles. The van der Waals surface area contributed by atoms with Gasteiger partial charge in [-0.3, -0.25) is 0 Å². The standard InChI is InChI=1S/C14H29OP/c1-12(2)10-16(15,11-13(3)4)14-8-6-5-7-9-14/h12-14H,5-11H2,1-4H3. The van der Waals surface area contributed by atoms with E-state index in [0.717, 1.165) is 12.3 Å². The molecule has 0 radical (unpaired) electrons. The lowest BCUT2D eigenvalue weighted by atomic mass is 10.0. The first-order valence-electron chi connectivity index (χ1n) is 7.02. The Balaban J connectivity index is 2.71. The fourth-order valence-corrected chi connectivity index (χ4v) is 7.68. The summed E-state index contributed by atoms with van der Waals surface area (Å²) in [4.78, 5) is 0. The topological polar surface area (TPSA) is 17.1 Å². The average molecular weight is 244 g/mol. The smallest absolute Gasteiger partial charge is 0.0911 e. The van der Waals surface area contributed by atoms with Gasteiger partial charge in [-0.05, 0) is 24.7 Å². The number of hydrogen-bond donors (Lipinski definition) is 0. The minimum atomic E-state index is -1.91. The quantitative estimate of drug-likeness (QED) is 0.622. The van der Waals surface area contributed by atoms with Gasteiger partial charge in [0, 0.05) is 18.0 Å². The number of rotatable bonds is 5. The van der Waals surface area contributed by atoms with Crippen molar-refractivity contribution < 1.29 is 4.57 Å². The maximum Gasteiger partial charge on any atom is 0.0911 e. The Morgan fingerprint density at radius 2 is 1.38 bits per heavy atom. The molecule has 96 valence electrons. The van der Waals surface area contributed by atoms with Gasteiger partial charge in [0.1, 0.15) is 0 Å². The zero-order chi connectivity index (χ0) is 12.2. The second kappa shape index (κ2) is 6.24. The molecule has 0 bridgehead atoms. The van der Waals surface area contributed by atoms with Crippen LogP contribution in [0.2, 0.25) is 0 Å². The molecule has 1 aliphatic carbocycles. The van der Waals surface area contributed by atoms with Crippen LogP contribution in [-0.2, 0) is 4.57 Å². The molecule has 16 heavy (non-hydrogen) atoms. The fourth-order valence-electron chi connectivity index (χ4n) is 3.16. The van der Waals surface area contributed by atoms with E-state index in [-0.39, 0.29) is 0 Å². The third-order valence-corrected chi connectivity index (χ3v) is 8.13. The van der Waals surface area contributed by atoms with Crippen LogP contribution in [0.15, 0.2) is 0 Å². The van der Waals surface area contributed by atoms with Crippen molar-refractivity contribution in [1.29, 1.82) is 0 Å². The zero-order valence-corrected chi connectivity index (χ0v) is 12.4. The molecular weight excluding hydrogens is 215 g/mol. The predicted molar refractivity (Wildman–Crippen MR) is 73.9 cm³/mol. The van der Waals surface area contributed by atoms with Gasteiger partial charge >= 0.3 is 0 Å². The van der Waals surface area contributed by atoms with Crippen LogP contribution in [0.5, 0.6) is 0 Å². The number of hydrogen-bond acceptors (Lipinski definition) is 1. The highest BCUT2D eigenvalue weighted by atomic mass is 31.2. The second-order valence-corrected chi connectivity index (χ2v) is 9.76. The third-order valence-electron chi connectivity index (χ3n) is 3.59. The van der Waals surface area contributed by atoms with Crippen molar-refractivity contribution >= 4 is 7.14 Å². The van der Waals surface area contributed by atoms with Crippen molar-refractivity contribution in [2.45, 2.75) is 65.5 Å². The molecule has 0 aromatic rings. The van der Waals surface area contributed by atoms with Crippen molar-refractivity contribution in [2.24, 2.45) is 11.8 Å². The van der Waals surface area contributed by atoms with Crippen molar-refractivity contribution in [3.63, 3.8) is 0 Å². The summed E-state index contributed by atoms with van der Waals surface area (Å²) < 4.78 is 13.2. The Morgan fingerprint density at radius 1 is 0.938 bits per heavy atom. The first-order chi connectivity index (χ1) is 7.44. The Kier molecular flexibility index (Phi) is 5.57. The van der Waals surface area contributed by atoms with Gasteiger partial charge in [0.25, 0.3) is 0 Å². The van der Waals surface area contributed by atoms with Crippen LogP contribution in [0.3, 0.4) is 0 Å². The maximum absolute atomic E-state index is 13.2. The lowest BCUT2D eigenvalue weighted by Crippen LogP contribution is -2.20. The highest BCUT2D eigenvalue weighted by Crippen LogP contribution is 2.57. The molecule has 1 nitrogen and oxygen atoms in total. The molecule has 0 spiro atoms. The molecular formula is C14H29OP. The van der Waals surface area contributed by atoms with Crippen LogP contribution < -0.4 is 0 Å². The first-order valence-corrected chi connectivity index (χ1v) is 9.16. The molecule has 1 rings (SSSR count). The Labute approximate surface area is 102 Å². The average Bonchev–Trinajstić information content (AvgIpc) is 2.16. The summed E-state index contributed by atoms with van der Waals surface area (Å²) in [6, 6.07) is 0. The van der Waals surface area contributed by atoms with Crippen LogP contribution in [0.1, 0.15) is 59.8 Å². The van der Waals surface area contributed by atoms with Crippen LogP contribution in [-0.4, -0.2) is 18.0 Å². The van der Waals surface area contributed by atoms with Gasteiger partial charge in [-0.2, -0.15) is 0 Å². The molecule has 0 aromatic heterocycles. The van der Waals surface area contributed by atoms with Crippen molar-refractivity contribution in [3.8, 4) is 0 Å². The minimum Gasteiger partial charge on any atom is -0.323 e. The van der Waals surface area contributed by atoms with Gasteiger partial charge in [-0.15, -0.1) is 0 Å². The van der Waals surface area contributed by atoms with E-state index in [0.29, 0.717) is 17.5 Å². The van der Waals surface area contributed by atoms with Gasteiger partial charge in [0.2, 0.25) is 0 Å². The molecule has 2 heteroatoms. The fraction of sp³-hybridized carbons (Fsp3) is 1.00. The summed E-state index contributed by atoms with van der Waals surface area (Å²) >= 11 is 0. The Morgan fingerprint density at radius 3 is 1.75 bits per heavy atom. The van der Waals surface area contributed by atoms with E-state index in [2.05, 4.69) is 27.7 Å². The van der Waals surface area contributed by atoms with Gasteiger partial charge in [0.05, 0.1) is 7.14 Å². The summed E-state index contributed by atoms with van der Waals surface area (Å²) in [5, 5.41) is 0. The molecule has 0 saturated heterocycles. The Bertz CT molecular complexity index is 225.